The third-order valence-corrected chi connectivity index (χ3v) is 4.69. The largest absolute Gasteiger partial charge is 0.490 e. The normalized spacial score (nSPS) is 10.6. The van der Waals surface area contributed by atoms with Crippen LogP contribution in [0.2, 0.25) is 0 Å². The number of amides is 2. The summed E-state index contributed by atoms with van der Waals surface area (Å²) in [6.45, 7) is 6.74. The van der Waals surface area contributed by atoms with E-state index in [1.54, 1.807) is 12.1 Å². The maximum absolute atomic E-state index is 12.7. The van der Waals surface area contributed by atoms with Gasteiger partial charge in [-0.25, -0.2) is 4.98 Å². The molecule has 2 amide bonds. The minimum Gasteiger partial charge on any atom is -0.490 e. The summed E-state index contributed by atoms with van der Waals surface area (Å²) in [6.07, 6.45) is 0.0170. The van der Waals surface area contributed by atoms with Crippen molar-refractivity contribution in [2.75, 3.05) is 19.8 Å². The third kappa shape index (κ3) is 5.11. The van der Waals surface area contributed by atoms with Gasteiger partial charge in [-0.1, -0.05) is 12.1 Å². The lowest BCUT2D eigenvalue weighted by molar-refractivity contribution is -0.121. The van der Waals surface area contributed by atoms with E-state index in [1.807, 2.05) is 56.7 Å². The molecule has 0 unspecified atom stereocenters. The van der Waals surface area contributed by atoms with Crippen molar-refractivity contribution in [2.45, 2.75) is 27.2 Å². The fourth-order valence-electron chi connectivity index (χ4n) is 3.26. The molecule has 0 aliphatic heterocycles. The van der Waals surface area contributed by atoms with E-state index in [0.29, 0.717) is 42.9 Å². The van der Waals surface area contributed by atoms with Gasteiger partial charge in [0.1, 0.15) is 5.82 Å². The van der Waals surface area contributed by atoms with Crippen LogP contribution in [0.3, 0.4) is 0 Å². The lowest BCUT2D eigenvalue weighted by Gasteiger charge is -2.17. The third-order valence-electron chi connectivity index (χ3n) is 4.69. The number of nitrogens with one attached hydrogen (secondary N) is 2. The van der Waals surface area contributed by atoms with Gasteiger partial charge in [-0.15, -0.1) is 0 Å². The molecule has 9 heteroatoms. The number of carbonyl (C=O) groups excluding carboxylic acids is 2. The Kier molecular flexibility index (Phi) is 7.54. The van der Waals surface area contributed by atoms with E-state index in [1.165, 1.54) is 0 Å². The zero-order valence-corrected chi connectivity index (χ0v) is 18.7. The van der Waals surface area contributed by atoms with Crippen LogP contribution in [0.1, 0.15) is 37.0 Å². The SMILES string of the molecule is CCOc1cc(C(=O)NNC(=O)Cc2nc3ccccc3n2C)cc(OCC)c1OCC. The van der Waals surface area contributed by atoms with Crippen molar-refractivity contribution in [1.29, 1.82) is 0 Å². The van der Waals surface area contributed by atoms with Gasteiger partial charge in [0.05, 0.1) is 37.3 Å². The van der Waals surface area contributed by atoms with Gasteiger partial charge >= 0.3 is 0 Å². The summed E-state index contributed by atoms with van der Waals surface area (Å²) in [6, 6.07) is 10.7. The van der Waals surface area contributed by atoms with Gasteiger partial charge in [0.2, 0.25) is 11.7 Å². The van der Waals surface area contributed by atoms with E-state index in [9.17, 15) is 9.59 Å². The molecule has 0 spiro atoms. The number of ether oxygens (including phenoxy) is 3. The Hall–Kier alpha value is -3.75. The van der Waals surface area contributed by atoms with Crippen molar-refractivity contribution in [1.82, 2.24) is 20.4 Å². The number of nitrogens with zero attached hydrogens (tertiary/aromatic N) is 2. The van der Waals surface area contributed by atoms with Crippen LogP contribution in [0.5, 0.6) is 17.2 Å². The fourth-order valence-corrected chi connectivity index (χ4v) is 3.26. The van der Waals surface area contributed by atoms with Gasteiger partial charge in [-0.3, -0.25) is 20.4 Å². The predicted octanol–water partition coefficient (Wildman–Crippen LogP) is 2.77. The number of hydrazine groups is 1. The molecule has 0 radical (unpaired) electrons. The highest BCUT2D eigenvalue weighted by atomic mass is 16.5. The maximum Gasteiger partial charge on any atom is 0.269 e. The van der Waals surface area contributed by atoms with E-state index >= 15 is 0 Å². The Bertz CT molecular complexity index is 1080. The van der Waals surface area contributed by atoms with Crippen molar-refractivity contribution < 1.29 is 23.8 Å². The first kappa shape index (κ1) is 22.9. The predicted molar refractivity (Wildman–Crippen MR) is 120 cm³/mol. The van der Waals surface area contributed by atoms with Gasteiger partial charge < -0.3 is 18.8 Å². The van der Waals surface area contributed by atoms with Crippen LogP contribution in [0.25, 0.3) is 11.0 Å². The van der Waals surface area contributed by atoms with Gasteiger partial charge in [-0.05, 0) is 45.0 Å². The minimum absolute atomic E-state index is 0.0170. The minimum atomic E-state index is -0.506. The second kappa shape index (κ2) is 10.5. The van der Waals surface area contributed by atoms with Gasteiger partial charge in [0, 0.05) is 12.6 Å². The van der Waals surface area contributed by atoms with Crippen LogP contribution in [0.4, 0.5) is 0 Å². The van der Waals surface area contributed by atoms with Crippen LogP contribution in [0, 0.1) is 0 Å². The molecule has 1 heterocycles. The first-order chi connectivity index (χ1) is 15.5. The molecule has 0 aliphatic rings. The first-order valence-corrected chi connectivity index (χ1v) is 10.5. The van der Waals surface area contributed by atoms with E-state index in [2.05, 4.69) is 15.8 Å². The smallest absolute Gasteiger partial charge is 0.269 e. The summed E-state index contributed by atoms with van der Waals surface area (Å²) in [4.78, 5) is 29.6. The van der Waals surface area contributed by atoms with Crippen molar-refractivity contribution in [3.05, 3.63) is 47.8 Å². The lowest BCUT2D eigenvalue weighted by atomic mass is 10.1. The first-order valence-electron chi connectivity index (χ1n) is 10.5. The fraction of sp³-hybridized carbons (Fsp3) is 0.348. The molecule has 3 rings (SSSR count). The van der Waals surface area contributed by atoms with Gasteiger partial charge in [0.25, 0.3) is 5.91 Å². The van der Waals surface area contributed by atoms with Crippen LogP contribution in [-0.2, 0) is 18.3 Å². The number of carbonyl (C=O) groups is 2. The number of para-hydroxylation sites is 2. The summed E-state index contributed by atoms with van der Waals surface area (Å²) in [5.41, 5.74) is 6.88. The molecule has 0 saturated carbocycles. The molecule has 9 nitrogen and oxygen atoms in total. The van der Waals surface area contributed by atoms with E-state index in [-0.39, 0.29) is 12.0 Å². The average molecular weight is 441 g/mol. The van der Waals surface area contributed by atoms with E-state index in [0.717, 1.165) is 11.0 Å². The number of aryl methyl sites for hydroxylation is 1. The topological polar surface area (TPSA) is 104 Å². The zero-order valence-electron chi connectivity index (χ0n) is 18.7. The summed E-state index contributed by atoms with van der Waals surface area (Å²) in [5.74, 6) is 0.939. The summed E-state index contributed by atoms with van der Waals surface area (Å²) in [7, 11) is 1.85. The molecule has 32 heavy (non-hydrogen) atoms. The number of imidazole rings is 1. The highest BCUT2D eigenvalue weighted by molar-refractivity contribution is 5.96. The molecule has 0 aliphatic carbocycles. The molecule has 2 N–H and O–H groups in total. The summed E-state index contributed by atoms with van der Waals surface area (Å²) in [5, 5.41) is 0. The lowest BCUT2D eigenvalue weighted by Crippen LogP contribution is -2.42. The molecule has 3 aromatic rings. The van der Waals surface area contributed by atoms with Crippen LogP contribution >= 0.6 is 0 Å². The molecule has 0 saturated heterocycles. The molecule has 170 valence electrons. The van der Waals surface area contributed by atoms with Crippen molar-refractivity contribution in [3.8, 4) is 17.2 Å². The Morgan fingerprint density at radius 2 is 1.56 bits per heavy atom. The molecule has 1 aromatic heterocycles. The molecular weight excluding hydrogens is 412 g/mol. The molecule has 0 atom stereocenters. The standard InChI is InChI=1S/C23H28N4O5/c1-5-30-18-12-15(13-19(31-6-2)22(18)32-7-3)23(29)26-25-21(28)14-20-24-16-10-8-9-11-17(16)27(20)4/h8-13H,5-7,14H2,1-4H3,(H,25,28)(H,26,29). The molecule has 2 aromatic carbocycles. The van der Waals surface area contributed by atoms with Gasteiger partial charge in [-0.2, -0.15) is 0 Å². The van der Waals surface area contributed by atoms with E-state index in [4.69, 9.17) is 14.2 Å². The molecule has 0 fully saturated rings. The molecular formula is C23H28N4O5. The Balaban J connectivity index is 1.71. The molecule has 0 bridgehead atoms. The van der Waals surface area contributed by atoms with Gasteiger partial charge in [0.15, 0.2) is 11.5 Å². The number of benzene rings is 2. The summed E-state index contributed by atoms with van der Waals surface area (Å²) < 4.78 is 18.8. The quantitative estimate of drug-likeness (QED) is 0.496. The Labute approximate surface area is 186 Å². The highest BCUT2D eigenvalue weighted by Crippen LogP contribution is 2.39. The monoisotopic (exact) mass is 440 g/mol. The Morgan fingerprint density at radius 3 is 2.16 bits per heavy atom. The highest BCUT2D eigenvalue weighted by Gasteiger charge is 2.19. The van der Waals surface area contributed by atoms with E-state index < -0.39 is 11.8 Å². The second-order valence-electron chi connectivity index (χ2n) is 6.86. The van der Waals surface area contributed by atoms with Crippen molar-refractivity contribution in [2.24, 2.45) is 7.05 Å². The second-order valence-corrected chi connectivity index (χ2v) is 6.86. The average Bonchev–Trinajstić information content (AvgIpc) is 3.09. The summed E-state index contributed by atoms with van der Waals surface area (Å²) >= 11 is 0. The van der Waals surface area contributed by atoms with Crippen molar-refractivity contribution in [3.63, 3.8) is 0 Å². The number of hydrogen-bond donors (Lipinski definition) is 2. The zero-order chi connectivity index (χ0) is 23.1. The van der Waals surface area contributed by atoms with Crippen LogP contribution in [-0.4, -0.2) is 41.2 Å². The number of fused-ring (bicyclic) bond motifs is 1. The Morgan fingerprint density at radius 1 is 0.938 bits per heavy atom. The number of hydrogen-bond acceptors (Lipinski definition) is 6. The van der Waals surface area contributed by atoms with Crippen LogP contribution in [0.15, 0.2) is 36.4 Å². The van der Waals surface area contributed by atoms with Crippen molar-refractivity contribution >= 4 is 22.8 Å². The maximum atomic E-state index is 12.7. The van der Waals surface area contributed by atoms with Crippen LogP contribution < -0.4 is 25.1 Å². The number of rotatable bonds is 9. The number of aromatic nitrogens is 2.